The second-order valence-electron chi connectivity index (χ2n) is 5.73. The molecule has 11 heteroatoms. The largest absolute Gasteiger partial charge is 0.325 e. The van der Waals surface area contributed by atoms with E-state index in [1.165, 1.54) is 30.5 Å². The predicted octanol–water partition coefficient (Wildman–Crippen LogP) is 0.628. The molecule has 0 bridgehead atoms. The summed E-state index contributed by atoms with van der Waals surface area (Å²) in [6.45, 7) is 0. The zero-order valence-electron chi connectivity index (χ0n) is 14.7. The molecule has 3 rings (SSSR count). The Morgan fingerprint density at radius 1 is 1.03 bits per heavy atom. The second-order valence-corrected chi connectivity index (χ2v) is 7.38. The Bertz CT molecular complexity index is 1280. The van der Waals surface area contributed by atoms with E-state index in [1.54, 1.807) is 0 Å². The first-order valence-electron chi connectivity index (χ1n) is 8.18. The molecule has 29 heavy (non-hydrogen) atoms. The zero-order chi connectivity index (χ0) is 20.9. The monoisotopic (exact) mass is 413 g/mol. The number of amides is 1. The van der Waals surface area contributed by atoms with Crippen molar-refractivity contribution >= 4 is 27.8 Å². The van der Waals surface area contributed by atoms with Crippen molar-refractivity contribution in [3.8, 4) is 0 Å². The average Bonchev–Trinajstić information content (AvgIpc) is 2.68. The number of hydrogen-bond acceptors (Lipinski definition) is 6. The number of H-pyrrole nitrogens is 2. The Morgan fingerprint density at radius 2 is 1.79 bits per heavy atom. The van der Waals surface area contributed by atoms with Gasteiger partial charge in [-0.2, -0.15) is 5.10 Å². The van der Waals surface area contributed by atoms with Gasteiger partial charge in [0.15, 0.2) is 4.90 Å². The van der Waals surface area contributed by atoms with Crippen LogP contribution in [0.3, 0.4) is 0 Å². The lowest BCUT2D eigenvalue weighted by Crippen LogP contribution is -2.29. The van der Waals surface area contributed by atoms with Crippen molar-refractivity contribution in [3.05, 3.63) is 92.8 Å². The molecule has 0 saturated carbocycles. The number of sulfonamides is 1. The maximum absolute atomic E-state index is 12.4. The molecule has 2 aromatic carbocycles. The summed E-state index contributed by atoms with van der Waals surface area (Å²) in [7, 11) is -4.28. The molecule has 1 amide bonds. The standard InChI is InChI=1S/C18H15N5O5S/c24-16(22-20-10-12-5-2-1-3-6-12)13-7-4-8-14(9-13)23-29(27,28)15-11-19-18(26)21-17(15)25/h1-11,23H,(H,22,24)(H2,19,21,25,26)/b20-10+. The first-order valence-corrected chi connectivity index (χ1v) is 9.67. The molecule has 0 aliphatic carbocycles. The average molecular weight is 413 g/mol. The van der Waals surface area contributed by atoms with E-state index < -0.39 is 32.1 Å². The summed E-state index contributed by atoms with van der Waals surface area (Å²) >= 11 is 0. The molecule has 0 spiro atoms. The van der Waals surface area contributed by atoms with Gasteiger partial charge >= 0.3 is 5.69 Å². The molecule has 1 heterocycles. The van der Waals surface area contributed by atoms with Gasteiger partial charge in [0.2, 0.25) is 0 Å². The molecule has 148 valence electrons. The van der Waals surface area contributed by atoms with Gasteiger partial charge in [-0.3, -0.25) is 19.3 Å². The summed E-state index contributed by atoms with van der Waals surface area (Å²) in [5, 5.41) is 3.85. The number of anilines is 1. The van der Waals surface area contributed by atoms with Crippen LogP contribution < -0.4 is 21.4 Å². The van der Waals surface area contributed by atoms with Crippen molar-refractivity contribution in [2.24, 2.45) is 5.10 Å². The molecular formula is C18H15N5O5S. The van der Waals surface area contributed by atoms with Crippen LogP contribution in [0.15, 0.2) is 80.4 Å². The first kappa shape index (κ1) is 19.8. The summed E-state index contributed by atoms with van der Waals surface area (Å²) in [5.41, 5.74) is 1.44. The zero-order valence-corrected chi connectivity index (χ0v) is 15.6. The van der Waals surface area contributed by atoms with Gasteiger partial charge < -0.3 is 4.98 Å². The lowest BCUT2D eigenvalue weighted by atomic mass is 10.2. The van der Waals surface area contributed by atoms with Gasteiger partial charge in [-0.05, 0) is 23.8 Å². The Hall–Kier alpha value is -3.99. The minimum absolute atomic E-state index is 0.0512. The number of aromatic amines is 2. The van der Waals surface area contributed by atoms with Crippen molar-refractivity contribution in [2.75, 3.05) is 4.72 Å². The van der Waals surface area contributed by atoms with Crippen LogP contribution in [-0.4, -0.2) is 30.5 Å². The molecule has 1 aromatic heterocycles. The summed E-state index contributed by atoms with van der Waals surface area (Å²) in [6, 6.07) is 14.7. The highest BCUT2D eigenvalue weighted by molar-refractivity contribution is 7.92. The number of aromatic nitrogens is 2. The highest BCUT2D eigenvalue weighted by Gasteiger charge is 2.19. The van der Waals surface area contributed by atoms with E-state index in [1.807, 2.05) is 35.3 Å². The lowest BCUT2D eigenvalue weighted by Gasteiger charge is -2.08. The van der Waals surface area contributed by atoms with Gasteiger partial charge in [0.1, 0.15) is 0 Å². The van der Waals surface area contributed by atoms with Crippen LogP contribution in [0.2, 0.25) is 0 Å². The number of hydrazone groups is 1. The normalized spacial score (nSPS) is 11.3. The van der Waals surface area contributed by atoms with Crippen LogP contribution in [-0.2, 0) is 10.0 Å². The maximum atomic E-state index is 12.4. The van der Waals surface area contributed by atoms with Gasteiger partial charge in [-0.1, -0.05) is 36.4 Å². The Kier molecular flexibility index (Phi) is 5.69. The van der Waals surface area contributed by atoms with E-state index in [-0.39, 0.29) is 11.3 Å². The quantitative estimate of drug-likeness (QED) is 0.345. The minimum Gasteiger partial charge on any atom is -0.313 e. The van der Waals surface area contributed by atoms with Crippen LogP contribution in [0.25, 0.3) is 0 Å². The van der Waals surface area contributed by atoms with Crippen LogP contribution >= 0.6 is 0 Å². The molecule has 0 atom stereocenters. The topological polar surface area (TPSA) is 153 Å². The molecular weight excluding hydrogens is 398 g/mol. The Morgan fingerprint density at radius 3 is 2.52 bits per heavy atom. The number of benzene rings is 2. The summed E-state index contributed by atoms with van der Waals surface area (Å²) in [5.74, 6) is -0.555. The number of rotatable bonds is 6. The summed E-state index contributed by atoms with van der Waals surface area (Å²) < 4.78 is 26.9. The minimum atomic E-state index is -4.28. The molecule has 4 N–H and O–H groups in total. The third kappa shape index (κ3) is 5.05. The summed E-state index contributed by atoms with van der Waals surface area (Å²) in [4.78, 5) is 38.2. The van der Waals surface area contributed by atoms with Gasteiger partial charge in [0.25, 0.3) is 21.5 Å². The third-order valence-corrected chi connectivity index (χ3v) is 5.02. The SMILES string of the molecule is O=C(N/N=C/c1ccccc1)c1cccc(NS(=O)(=O)c2c[nH]c(=O)[nH]c2=O)c1. The van der Waals surface area contributed by atoms with Crippen LogP contribution in [0, 0.1) is 0 Å². The molecule has 0 aliphatic heterocycles. The van der Waals surface area contributed by atoms with Crippen LogP contribution in [0.4, 0.5) is 5.69 Å². The fourth-order valence-corrected chi connectivity index (χ4v) is 3.36. The number of carbonyl (C=O) groups is 1. The molecule has 0 saturated heterocycles. The molecule has 0 unspecified atom stereocenters. The Labute approximate surface area is 164 Å². The third-order valence-electron chi connectivity index (χ3n) is 3.63. The van der Waals surface area contributed by atoms with Crippen molar-refractivity contribution in [3.63, 3.8) is 0 Å². The highest BCUT2D eigenvalue weighted by Crippen LogP contribution is 2.15. The second kappa shape index (κ2) is 8.35. The Balaban J connectivity index is 1.75. The fraction of sp³-hybridized carbons (Fsp3) is 0. The fourth-order valence-electron chi connectivity index (χ4n) is 2.30. The first-order chi connectivity index (χ1) is 13.8. The van der Waals surface area contributed by atoms with Crippen molar-refractivity contribution in [1.29, 1.82) is 0 Å². The van der Waals surface area contributed by atoms with E-state index in [0.717, 1.165) is 11.8 Å². The smallest absolute Gasteiger partial charge is 0.313 e. The number of nitrogens with one attached hydrogen (secondary N) is 4. The van der Waals surface area contributed by atoms with Gasteiger partial charge in [-0.15, -0.1) is 0 Å². The van der Waals surface area contributed by atoms with E-state index in [4.69, 9.17) is 0 Å². The van der Waals surface area contributed by atoms with Crippen LogP contribution in [0.1, 0.15) is 15.9 Å². The van der Waals surface area contributed by atoms with E-state index in [9.17, 15) is 22.8 Å². The molecule has 0 fully saturated rings. The van der Waals surface area contributed by atoms with Crippen molar-refractivity contribution < 1.29 is 13.2 Å². The van der Waals surface area contributed by atoms with Gasteiger partial charge in [0, 0.05) is 17.4 Å². The van der Waals surface area contributed by atoms with E-state index in [0.29, 0.717) is 0 Å². The van der Waals surface area contributed by atoms with Crippen molar-refractivity contribution in [2.45, 2.75) is 4.90 Å². The van der Waals surface area contributed by atoms with Gasteiger partial charge in [-0.25, -0.2) is 18.6 Å². The van der Waals surface area contributed by atoms with Crippen molar-refractivity contribution in [1.82, 2.24) is 15.4 Å². The number of carbonyl (C=O) groups excluding carboxylic acids is 1. The molecule has 10 nitrogen and oxygen atoms in total. The molecule has 0 radical (unpaired) electrons. The maximum Gasteiger partial charge on any atom is 0.325 e. The van der Waals surface area contributed by atoms with E-state index in [2.05, 4.69) is 20.2 Å². The molecule has 3 aromatic rings. The number of hydrogen-bond donors (Lipinski definition) is 4. The van der Waals surface area contributed by atoms with Gasteiger partial charge in [0.05, 0.1) is 6.21 Å². The predicted molar refractivity (Wildman–Crippen MR) is 106 cm³/mol. The van der Waals surface area contributed by atoms with E-state index >= 15 is 0 Å². The highest BCUT2D eigenvalue weighted by atomic mass is 32.2. The summed E-state index contributed by atoms with van der Waals surface area (Å²) in [6.07, 6.45) is 2.26. The lowest BCUT2D eigenvalue weighted by molar-refractivity contribution is 0.0955. The molecule has 0 aliphatic rings. The van der Waals surface area contributed by atoms with Crippen LogP contribution in [0.5, 0.6) is 0 Å². The number of nitrogens with zero attached hydrogens (tertiary/aromatic N) is 1.